The molecule has 0 saturated carbocycles. The number of amides is 2. The second-order valence-electron chi connectivity index (χ2n) is 11.8. The number of esters is 2. The number of imide groups is 1. The summed E-state index contributed by atoms with van der Waals surface area (Å²) >= 11 is 0. The molecule has 226 valence electrons. The molecule has 8 heteroatoms. The quantitative estimate of drug-likeness (QED) is 0.105. The lowest BCUT2D eigenvalue weighted by molar-refractivity contribution is 0.0443. The second kappa shape index (κ2) is 10.9. The van der Waals surface area contributed by atoms with Gasteiger partial charge < -0.3 is 14.2 Å². The number of benzene rings is 5. The maximum absolute atomic E-state index is 13.2. The number of ether oxygens (including phenoxy) is 3. The molecule has 0 aliphatic carbocycles. The Bertz CT molecular complexity index is 2080. The van der Waals surface area contributed by atoms with Crippen LogP contribution >= 0.6 is 0 Å². The maximum Gasteiger partial charge on any atom is 0.347 e. The molecule has 0 fully saturated rings. The highest BCUT2D eigenvalue weighted by molar-refractivity contribution is 6.34. The Morgan fingerprint density at radius 3 is 1.63 bits per heavy atom. The fourth-order valence-electron chi connectivity index (χ4n) is 5.73. The lowest BCUT2D eigenvalue weighted by atomic mass is 9.78. The number of hydrogen-bond acceptors (Lipinski definition) is 7. The van der Waals surface area contributed by atoms with Crippen LogP contribution in [-0.2, 0) is 10.2 Å². The molecule has 0 spiro atoms. The summed E-state index contributed by atoms with van der Waals surface area (Å²) in [5, 5.41) is 0. The Hall–Kier alpha value is -6.02. The van der Waals surface area contributed by atoms with Gasteiger partial charge in [-0.3, -0.25) is 9.59 Å². The summed E-state index contributed by atoms with van der Waals surface area (Å²) < 4.78 is 16.7. The van der Waals surface area contributed by atoms with Crippen LogP contribution < -0.4 is 14.4 Å². The predicted octanol–water partition coefficient (Wildman–Crippen LogP) is 8.02. The number of fused-ring (bicyclic) bond motifs is 2. The van der Waals surface area contributed by atoms with E-state index in [0.717, 1.165) is 16.7 Å². The zero-order valence-electron chi connectivity index (χ0n) is 25.2. The van der Waals surface area contributed by atoms with Crippen molar-refractivity contribution in [3.8, 4) is 23.0 Å². The van der Waals surface area contributed by atoms with Gasteiger partial charge in [0, 0.05) is 5.41 Å². The van der Waals surface area contributed by atoms with Gasteiger partial charge in [-0.25, -0.2) is 14.5 Å². The average Bonchev–Trinajstić information content (AvgIpc) is 3.47. The first kappa shape index (κ1) is 28.7. The molecule has 7 rings (SSSR count). The minimum atomic E-state index is -0.678. The van der Waals surface area contributed by atoms with Crippen LogP contribution in [0.1, 0.15) is 72.0 Å². The summed E-state index contributed by atoms with van der Waals surface area (Å²) in [7, 11) is 0. The molecule has 2 heterocycles. The lowest BCUT2D eigenvalue weighted by Gasteiger charge is -2.26. The molecule has 2 amide bonds. The Balaban J connectivity index is 1.04. The molecule has 0 N–H and O–H groups in total. The highest BCUT2D eigenvalue weighted by Crippen LogP contribution is 2.36. The molecule has 0 bridgehead atoms. The van der Waals surface area contributed by atoms with E-state index in [1.54, 1.807) is 30.3 Å². The molecule has 46 heavy (non-hydrogen) atoms. The van der Waals surface area contributed by atoms with Crippen LogP contribution in [-0.4, -0.2) is 23.8 Å². The summed E-state index contributed by atoms with van der Waals surface area (Å²) in [6.07, 6.45) is 0. The molecule has 8 nitrogen and oxygen atoms in total. The highest BCUT2D eigenvalue weighted by Gasteiger charge is 2.37. The molecular formula is C38H27NO7. The second-order valence-corrected chi connectivity index (χ2v) is 11.8. The largest absolute Gasteiger partial charge is 0.457 e. The first-order valence-corrected chi connectivity index (χ1v) is 14.7. The van der Waals surface area contributed by atoms with Crippen LogP contribution in [0.15, 0.2) is 109 Å². The summed E-state index contributed by atoms with van der Waals surface area (Å²) in [5.74, 6) is 0.00191. The normalized spacial score (nSPS) is 13.8. The van der Waals surface area contributed by atoms with Crippen LogP contribution in [0.3, 0.4) is 0 Å². The van der Waals surface area contributed by atoms with Crippen LogP contribution in [0.2, 0.25) is 0 Å². The van der Waals surface area contributed by atoms with Gasteiger partial charge in [0.25, 0.3) is 11.8 Å². The number of carbonyl (C=O) groups is 4. The maximum atomic E-state index is 13.2. The number of nitrogens with zero attached hydrogens (tertiary/aromatic N) is 1. The van der Waals surface area contributed by atoms with Crippen molar-refractivity contribution in [2.45, 2.75) is 26.2 Å². The number of anilines is 1. The number of cyclic esters (lactones) is 2. The smallest absolute Gasteiger partial charge is 0.347 e. The van der Waals surface area contributed by atoms with E-state index in [4.69, 9.17) is 9.47 Å². The van der Waals surface area contributed by atoms with Gasteiger partial charge in [-0.2, -0.15) is 0 Å². The van der Waals surface area contributed by atoms with Gasteiger partial charge in [0.05, 0.1) is 27.9 Å². The van der Waals surface area contributed by atoms with E-state index < -0.39 is 11.9 Å². The molecule has 0 atom stereocenters. The Labute approximate surface area is 264 Å². The Kier molecular flexibility index (Phi) is 6.78. The van der Waals surface area contributed by atoms with Crippen molar-refractivity contribution in [3.63, 3.8) is 0 Å². The molecule has 0 aromatic heterocycles. The molecule has 5 aromatic rings. The third kappa shape index (κ3) is 4.99. The van der Waals surface area contributed by atoms with Gasteiger partial charge in [-0.1, -0.05) is 50.2 Å². The van der Waals surface area contributed by atoms with E-state index in [2.05, 4.69) is 18.6 Å². The molecule has 5 aromatic carbocycles. The number of aryl methyl sites for hydroxylation is 1. The van der Waals surface area contributed by atoms with E-state index >= 15 is 0 Å². The van der Waals surface area contributed by atoms with Gasteiger partial charge in [0.1, 0.15) is 23.0 Å². The first-order valence-electron chi connectivity index (χ1n) is 14.7. The minimum absolute atomic E-state index is 0.192. The minimum Gasteiger partial charge on any atom is -0.457 e. The predicted molar refractivity (Wildman–Crippen MR) is 170 cm³/mol. The molecule has 0 unspecified atom stereocenters. The molecular weight excluding hydrogens is 582 g/mol. The topological polar surface area (TPSA) is 99.2 Å². The summed E-state index contributed by atoms with van der Waals surface area (Å²) in [4.78, 5) is 51.0. The van der Waals surface area contributed by atoms with Crippen molar-refractivity contribution in [3.05, 3.63) is 148 Å². The van der Waals surface area contributed by atoms with Gasteiger partial charge >= 0.3 is 11.9 Å². The van der Waals surface area contributed by atoms with Crippen LogP contribution in [0.25, 0.3) is 0 Å². The van der Waals surface area contributed by atoms with E-state index in [9.17, 15) is 19.2 Å². The van der Waals surface area contributed by atoms with E-state index in [-0.39, 0.29) is 28.4 Å². The molecule has 0 saturated heterocycles. The fraction of sp³-hybridized carbons (Fsp3) is 0.105. The van der Waals surface area contributed by atoms with Crippen LogP contribution in [0.5, 0.6) is 23.0 Å². The summed E-state index contributed by atoms with van der Waals surface area (Å²) in [6, 6.07) is 32.3. The number of hydrogen-bond donors (Lipinski definition) is 0. The SMILES string of the molecule is Cc1cccc(N2C(=O)c3ccc(Oc4ccc(C(C)(C)c5ccc(Oc6ccc7c(c6)C(=O)OC7=O)cc5)cc4)cc3C2=O)c1. The first-order chi connectivity index (χ1) is 22.1. The monoisotopic (exact) mass is 609 g/mol. The van der Waals surface area contributed by atoms with E-state index in [0.29, 0.717) is 39.8 Å². The van der Waals surface area contributed by atoms with Crippen LogP contribution in [0.4, 0.5) is 5.69 Å². The van der Waals surface area contributed by atoms with Crippen molar-refractivity contribution in [2.75, 3.05) is 4.90 Å². The van der Waals surface area contributed by atoms with Gasteiger partial charge in [0.15, 0.2) is 0 Å². The van der Waals surface area contributed by atoms with Gasteiger partial charge in [-0.05, 0) is 96.4 Å². The van der Waals surface area contributed by atoms with E-state index in [1.165, 1.54) is 17.0 Å². The van der Waals surface area contributed by atoms with Crippen molar-refractivity contribution in [2.24, 2.45) is 0 Å². The summed E-state index contributed by atoms with van der Waals surface area (Å²) in [5.41, 5.74) is 4.33. The van der Waals surface area contributed by atoms with Crippen molar-refractivity contribution < 1.29 is 33.4 Å². The zero-order chi connectivity index (χ0) is 32.2. The number of carbonyl (C=O) groups excluding carboxylic acids is 4. The van der Waals surface area contributed by atoms with Crippen molar-refractivity contribution in [1.82, 2.24) is 0 Å². The third-order valence-electron chi connectivity index (χ3n) is 8.36. The molecule has 2 aliphatic rings. The van der Waals surface area contributed by atoms with Crippen molar-refractivity contribution in [1.29, 1.82) is 0 Å². The lowest BCUT2D eigenvalue weighted by Crippen LogP contribution is -2.29. The highest BCUT2D eigenvalue weighted by atomic mass is 16.6. The standard InChI is InChI=1S/C38H27NO7/c1-22-5-4-6-25(19-22)39-34(40)30-17-15-28(20-32(30)35(39)41)44-26-11-7-23(8-12-26)38(2,3)24-9-13-27(14-10-24)45-29-16-18-31-33(21-29)37(43)46-36(31)42/h4-21H,1-3H3. The zero-order valence-corrected chi connectivity index (χ0v) is 25.2. The van der Waals surface area contributed by atoms with Crippen molar-refractivity contribution >= 4 is 29.4 Å². The molecule has 2 aliphatic heterocycles. The summed E-state index contributed by atoms with van der Waals surface area (Å²) in [6.45, 7) is 6.14. The van der Waals surface area contributed by atoms with Gasteiger partial charge in [0.2, 0.25) is 0 Å². The van der Waals surface area contributed by atoms with E-state index in [1.807, 2.05) is 73.7 Å². The van der Waals surface area contributed by atoms with Crippen LogP contribution in [0, 0.1) is 6.92 Å². The van der Waals surface area contributed by atoms with Gasteiger partial charge in [-0.15, -0.1) is 0 Å². The molecule has 0 radical (unpaired) electrons. The number of rotatable bonds is 7. The average molecular weight is 610 g/mol. The Morgan fingerprint density at radius 1 is 0.543 bits per heavy atom. The fourth-order valence-corrected chi connectivity index (χ4v) is 5.73. The third-order valence-corrected chi connectivity index (χ3v) is 8.36. The Morgan fingerprint density at radius 2 is 1.04 bits per heavy atom.